The summed E-state index contributed by atoms with van der Waals surface area (Å²) in [6.07, 6.45) is 5.66. The van der Waals surface area contributed by atoms with E-state index in [2.05, 4.69) is 11.6 Å². The smallest absolute Gasteiger partial charge is 0.345 e. The van der Waals surface area contributed by atoms with Gasteiger partial charge in [-0.1, -0.05) is 26.2 Å². The van der Waals surface area contributed by atoms with Crippen molar-refractivity contribution in [3.8, 4) is 0 Å². The van der Waals surface area contributed by atoms with Gasteiger partial charge in [0.15, 0.2) is 0 Å². The minimum Gasteiger partial charge on any atom is -0.477 e. The third-order valence-electron chi connectivity index (χ3n) is 4.20. The van der Waals surface area contributed by atoms with Gasteiger partial charge in [-0.15, -0.1) is 11.3 Å². The zero-order valence-electron chi connectivity index (χ0n) is 12.0. The summed E-state index contributed by atoms with van der Waals surface area (Å²) >= 11 is 0.931. The highest BCUT2D eigenvalue weighted by molar-refractivity contribution is 7.89. The molecule has 1 aromatic rings. The van der Waals surface area contributed by atoms with Crippen molar-refractivity contribution in [3.63, 3.8) is 0 Å². The second-order valence-electron chi connectivity index (χ2n) is 5.60. The van der Waals surface area contributed by atoms with Crippen LogP contribution in [-0.2, 0) is 10.0 Å². The summed E-state index contributed by atoms with van der Waals surface area (Å²) in [4.78, 5) is 10.9. The van der Waals surface area contributed by atoms with Crippen molar-refractivity contribution in [2.45, 2.75) is 43.9 Å². The zero-order valence-corrected chi connectivity index (χ0v) is 13.7. The minimum absolute atomic E-state index is 0.0406. The molecule has 1 fully saturated rings. The second kappa shape index (κ2) is 6.89. The molecular formula is C14H21NO4S2. The molecule has 0 unspecified atom stereocenters. The van der Waals surface area contributed by atoms with Gasteiger partial charge in [-0.05, 0) is 30.7 Å². The number of carboxylic acid groups (broad SMARTS) is 1. The molecule has 0 saturated heterocycles. The normalized spacial score (nSPS) is 23.1. The van der Waals surface area contributed by atoms with Gasteiger partial charge in [0.1, 0.15) is 4.88 Å². The van der Waals surface area contributed by atoms with E-state index in [9.17, 15) is 13.2 Å². The molecule has 7 heteroatoms. The summed E-state index contributed by atoms with van der Waals surface area (Å²) in [6, 6.07) is 1.21. The monoisotopic (exact) mass is 331 g/mol. The first kappa shape index (κ1) is 16.5. The lowest BCUT2D eigenvalue weighted by Gasteiger charge is -2.27. The van der Waals surface area contributed by atoms with Gasteiger partial charge >= 0.3 is 5.97 Å². The third kappa shape index (κ3) is 4.28. The number of nitrogens with one attached hydrogen (secondary N) is 1. The van der Waals surface area contributed by atoms with Crippen molar-refractivity contribution in [1.29, 1.82) is 0 Å². The molecule has 21 heavy (non-hydrogen) atoms. The van der Waals surface area contributed by atoms with Gasteiger partial charge < -0.3 is 5.11 Å². The fraction of sp³-hybridized carbons (Fsp3) is 0.643. The Morgan fingerprint density at radius 3 is 2.48 bits per heavy atom. The van der Waals surface area contributed by atoms with Crippen molar-refractivity contribution >= 4 is 27.3 Å². The van der Waals surface area contributed by atoms with E-state index >= 15 is 0 Å². The molecule has 1 aliphatic carbocycles. The molecule has 0 spiro atoms. The van der Waals surface area contributed by atoms with E-state index in [0.717, 1.165) is 30.1 Å². The van der Waals surface area contributed by atoms with Crippen LogP contribution < -0.4 is 4.72 Å². The fourth-order valence-electron chi connectivity index (χ4n) is 2.73. The van der Waals surface area contributed by atoms with Gasteiger partial charge in [-0.2, -0.15) is 0 Å². The topological polar surface area (TPSA) is 83.5 Å². The van der Waals surface area contributed by atoms with Crippen LogP contribution in [0, 0.1) is 11.8 Å². The van der Waals surface area contributed by atoms with Crippen molar-refractivity contribution in [1.82, 2.24) is 4.72 Å². The molecule has 1 saturated carbocycles. The summed E-state index contributed by atoms with van der Waals surface area (Å²) in [5, 5.41) is 10.2. The molecule has 1 aromatic heterocycles. The van der Waals surface area contributed by atoms with Gasteiger partial charge in [-0.25, -0.2) is 17.9 Å². The van der Waals surface area contributed by atoms with Crippen molar-refractivity contribution < 1.29 is 18.3 Å². The van der Waals surface area contributed by atoms with E-state index in [1.165, 1.54) is 30.7 Å². The molecule has 0 atom stereocenters. The molecule has 118 valence electrons. The molecule has 2 rings (SSSR count). The zero-order chi connectivity index (χ0) is 15.5. The molecule has 1 aliphatic rings. The average molecular weight is 331 g/mol. The summed E-state index contributed by atoms with van der Waals surface area (Å²) in [6.45, 7) is 2.64. The van der Waals surface area contributed by atoms with Crippen molar-refractivity contribution in [3.05, 3.63) is 16.3 Å². The first-order valence-electron chi connectivity index (χ1n) is 7.24. The van der Waals surface area contributed by atoms with Crippen LogP contribution in [0.2, 0.25) is 0 Å². The van der Waals surface area contributed by atoms with Crippen LogP contribution in [-0.4, -0.2) is 26.0 Å². The number of hydrogen-bond acceptors (Lipinski definition) is 4. The SMILES string of the molecule is CCC1CCC(CNS(=O)(=O)c2csc(C(=O)O)c2)CC1. The highest BCUT2D eigenvalue weighted by Gasteiger charge is 2.23. The van der Waals surface area contributed by atoms with E-state index in [4.69, 9.17) is 5.11 Å². The number of thiophene rings is 1. The molecule has 0 aliphatic heterocycles. The Bertz CT molecular complexity index is 586. The van der Waals surface area contributed by atoms with Gasteiger partial charge in [0, 0.05) is 11.9 Å². The summed E-state index contributed by atoms with van der Waals surface area (Å²) in [7, 11) is -3.59. The Morgan fingerprint density at radius 1 is 1.33 bits per heavy atom. The molecule has 0 amide bonds. The predicted octanol–water partition coefficient (Wildman–Crippen LogP) is 2.94. The van der Waals surface area contributed by atoms with Crippen LogP contribution in [0.1, 0.15) is 48.7 Å². The van der Waals surface area contributed by atoms with Gasteiger partial charge in [0.05, 0.1) is 4.90 Å². The Labute approximate surface area is 129 Å². The third-order valence-corrected chi connectivity index (χ3v) is 6.67. The summed E-state index contributed by atoms with van der Waals surface area (Å²) < 4.78 is 26.9. The van der Waals surface area contributed by atoms with Crippen LogP contribution in [0.4, 0.5) is 0 Å². The Balaban J connectivity index is 1.91. The first-order chi connectivity index (χ1) is 9.92. The molecule has 0 radical (unpaired) electrons. The summed E-state index contributed by atoms with van der Waals surface area (Å²) in [5.74, 6) is 0.0762. The number of sulfonamides is 1. The number of carboxylic acids is 1. The van der Waals surface area contributed by atoms with Crippen LogP contribution in [0.15, 0.2) is 16.3 Å². The van der Waals surface area contributed by atoms with Crippen LogP contribution in [0.3, 0.4) is 0 Å². The van der Waals surface area contributed by atoms with E-state index < -0.39 is 16.0 Å². The standard InChI is InChI=1S/C14H21NO4S2/c1-2-10-3-5-11(6-4-10)8-15-21(18,19)12-7-13(14(16)17)20-9-12/h7,9-11,15H,2-6,8H2,1H3,(H,16,17). The quantitative estimate of drug-likeness (QED) is 0.839. The van der Waals surface area contributed by atoms with Crippen LogP contribution in [0.25, 0.3) is 0 Å². The lowest BCUT2D eigenvalue weighted by atomic mass is 9.81. The maximum atomic E-state index is 12.1. The van der Waals surface area contributed by atoms with Gasteiger partial charge in [0.25, 0.3) is 0 Å². The maximum Gasteiger partial charge on any atom is 0.345 e. The molecule has 0 aromatic carbocycles. The van der Waals surface area contributed by atoms with Crippen molar-refractivity contribution in [2.24, 2.45) is 11.8 Å². The molecule has 2 N–H and O–H groups in total. The van der Waals surface area contributed by atoms with E-state index in [-0.39, 0.29) is 9.77 Å². The van der Waals surface area contributed by atoms with Crippen molar-refractivity contribution in [2.75, 3.05) is 6.54 Å². The molecule has 0 bridgehead atoms. The molecule has 1 heterocycles. The first-order valence-corrected chi connectivity index (χ1v) is 9.60. The Kier molecular flexibility index (Phi) is 5.40. The van der Waals surface area contributed by atoms with Crippen LogP contribution in [0.5, 0.6) is 0 Å². The lowest BCUT2D eigenvalue weighted by Crippen LogP contribution is -2.31. The number of aromatic carboxylic acids is 1. The number of carbonyl (C=O) groups is 1. The van der Waals surface area contributed by atoms with E-state index in [1.54, 1.807) is 0 Å². The largest absolute Gasteiger partial charge is 0.477 e. The average Bonchev–Trinajstić information content (AvgIpc) is 2.97. The fourth-order valence-corrected chi connectivity index (χ4v) is 4.95. The minimum atomic E-state index is -3.59. The predicted molar refractivity (Wildman–Crippen MR) is 82.2 cm³/mol. The molecular weight excluding hydrogens is 310 g/mol. The number of hydrogen-bond donors (Lipinski definition) is 2. The maximum absolute atomic E-state index is 12.1. The van der Waals surface area contributed by atoms with Gasteiger partial charge in [0.2, 0.25) is 10.0 Å². The number of rotatable bonds is 6. The second-order valence-corrected chi connectivity index (χ2v) is 8.28. The highest BCUT2D eigenvalue weighted by atomic mass is 32.2. The highest BCUT2D eigenvalue weighted by Crippen LogP contribution is 2.30. The Hall–Kier alpha value is -0.920. The molecule has 5 nitrogen and oxygen atoms in total. The van der Waals surface area contributed by atoms with Gasteiger partial charge in [-0.3, -0.25) is 0 Å². The van der Waals surface area contributed by atoms with Crippen LogP contribution >= 0.6 is 11.3 Å². The van der Waals surface area contributed by atoms with E-state index in [0.29, 0.717) is 12.5 Å². The Morgan fingerprint density at radius 2 is 1.95 bits per heavy atom. The van der Waals surface area contributed by atoms with E-state index in [1.807, 2.05) is 0 Å². The lowest BCUT2D eigenvalue weighted by molar-refractivity contribution is 0.0702. The summed E-state index contributed by atoms with van der Waals surface area (Å²) in [5.41, 5.74) is 0.